The Balaban J connectivity index is 1.80. The third kappa shape index (κ3) is 3.54. The normalized spacial score (nSPS) is 31.2. The van der Waals surface area contributed by atoms with Crippen molar-refractivity contribution < 1.29 is 19.3 Å². The molecular weight excluding hydrogens is 359 g/mol. The molecule has 1 unspecified atom stereocenters. The molecule has 0 aromatic carbocycles. The van der Waals surface area contributed by atoms with Crippen LogP contribution in [0.5, 0.6) is 0 Å². The summed E-state index contributed by atoms with van der Waals surface area (Å²) in [6.45, 7) is 3.87. The van der Waals surface area contributed by atoms with E-state index in [1.54, 1.807) is 0 Å². The van der Waals surface area contributed by atoms with E-state index >= 15 is 0 Å². The monoisotopic (exact) mass is 378 g/mol. The van der Waals surface area contributed by atoms with Crippen LogP contribution < -0.4 is 11.1 Å². The lowest BCUT2D eigenvalue weighted by Gasteiger charge is -2.24. The summed E-state index contributed by atoms with van der Waals surface area (Å²) < 4.78 is 17.6. The van der Waals surface area contributed by atoms with Gasteiger partial charge < -0.3 is 30.4 Å². The van der Waals surface area contributed by atoms with Crippen LogP contribution >= 0.6 is 23.2 Å². The highest BCUT2D eigenvalue weighted by Gasteiger charge is 2.54. The van der Waals surface area contributed by atoms with E-state index in [2.05, 4.69) is 15.3 Å². The van der Waals surface area contributed by atoms with Crippen molar-refractivity contribution >= 4 is 34.7 Å². The first kappa shape index (κ1) is 17.9. The lowest BCUT2D eigenvalue weighted by atomic mass is 10.2. The van der Waals surface area contributed by atoms with Gasteiger partial charge in [-0.3, -0.25) is 0 Å². The van der Waals surface area contributed by atoms with Crippen molar-refractivity contribution in [2.45, 2.75) is 50.4 Å². The molecule has 1 saturated carbocycles. The number of anilines is 2. The zero-order chi connectivity index (χ0) is 17.5. The first-order valence-electron chi connectivity index (χ1n) is 7.64. The Morgan fingerprint density at radius 3 is 2.75 bits per heavy atom. The van der Waals surface area contributed by atoms with Crippen molar-refractivity contribution in [1.82, 2.24) is 9.97 Å². The van der Waals surface area contributed by atoms with Crippen molar-refractivity contribution in [1.29, 1.82) is 0 Å². The smallest absolute Gasteiger partial charge is 0.225 e. The van der Waals surface area contributed by atoms with E-state index in [4.69, 9.17) is 48.3 Å². The molecule has 3 rings (SSSR count). The van der Waals surface area contributed by atoms with Gasteiger partial charge in [0.25, 0.3) is 0 Å². The van der Waals surface area contributed by atoms with Crippen molar-refractivity contribution in [3.63, 3.8) is 0 Å². The van der Waals surface area contributed by atoms with E-state index in [1.165, 1.54) is 0 Å². The summed E-state index contributed by atoms with van der Waals surface area (Å²) in [5.74, 6) is -0.372. The van der Waals surface area contributed by atoms with E-state index in [9.17, 15) is 0 Å². The minimum absolute atomic E-state index is 0.00301. The highest BCUT2D eigenvalue weighted by Crippen LogP contribution is 2.41. The van der Waals surface area contributed by atoms with Crippen molar-refractivity contribution in [3.05, 3.63) is 10.4 Å². The molecule has 0 radical (unpaired) electrons. The molecule has 4 atom stereocenters. The Bertz CT molecular complexity index is 619. The van der Waals surface area contributed by atoms with E-state index in [-0.39, 0.29) is 53.7 Å². The molecule has 4 N–H and O–H groups in total. The summed E-state index contributed by atoms with van der Waals surface area (Å²) >= 11 is 11.8. The molecule has 10 heteroatoms. The van der Waals surface area contributed by atoms with Gasteiger partial charge in [-0.05, 0) is 31.9 Å². The molecule has 2 aliphatic rings. The number of hydrogen-bond acceptors (Lipinski definition) is 8. The number of nitrogens with zero attached hydrogens (tertiary/aromatic N) is 2. The van der Waals surface area contributed by atoms with Crippen molar-refractivity contribution in [2.75, 3.05) is 24.3 Å². The first-order valence-corrected chi connectivity index (χ1v) is 8.39. The molecule has 0 amide bonds. The first-order chi connectivity index (χ1) is 11.3. The number of fused-ring (bicyclic) bond motifs is 1. The molecule has 24 heavy (non-hydrogen) atoms. The van der Waals surface area contributed by atoms with Crippen LogP contribution in [0.4, 0.5) is 11.5 Å². The van der Waals surface area contributed by atoms with Crippen LogP contribution in [-0.2, 0) is 14.2 Å². The fourth-order valence-electron chi connectivity index (χ4n) is 3.14. The fraction of sp³-hybridized carbons (Fsp3) is 0.714. The van der Waals surface area contributed by atoms with Gasteiger partial charge in [-0.15, -0.1) is 0 Å². The van der Waals surface area contributed by atoms with Crippen LogP contribution in [0.25, 0.3) is 0 Å². The second-order valence-electron chi connectivity index (χ2n) is 6.23. The topological polar surface area (TPSA) is 112 Å². The van der Waals surface area contributed by atoms with Crippen molar-refractivity contribution in [3.8, 4) is 0 Å². The molecule has 1 aromatic rings. The Labute approximate surface area is 149 Å². The van der Waals surface area contributed by atoms with E-state index < -0.39 is 5.79 Å². The van der Waals surface area contributed by atoms with Crippen LogP contribution in [0, 0.1) is 0 Å². The Kier molecular flexibility index (Phi) is 5.06. The molecule has 1 aromatic heterocycles. The van der Waals surface area contributed by atoms with Gasteiger partial charge in [0.2, 0.25) is 5.28 Å². The second kappa shape index (κ2) is 6.78. The van der Waals surface area contributed by atoms with Gasteiger partial charge >= 0.3 is 0 Å². The Morgan fingerprint density at radius 1 is 1.33 bits per heavy atom. The standard InChI is InChI=1S/C14H20Cl2N4O4/c1-14(2)23-9-6(5-7(10(9)24-14)22-4-3-21)18-12-8(17)11(15)19-13(16)20-12/h6-7,9-10,21H,3-5,17H2,1-2H3,(H,18,19,20)/t6?,7-,9-,10+/m0/s1. The van der Waals surface area contributed by atoms with Crippen LogP contribution in [0.1, 0.15) is 20.3 Å². The maximum atomic E-state index is 8.99. The molecule has 8 nitrogen and oxygen atoms in total. The third-order valence-corrected chi connectivity index (χ3v) is 4.49. The summed E-state index contributed by atoms with van der Waals surface area (Å²) in [6.07, 6.45) is -0.117. The molecular formula is C14H20Cl2N4O4. The average molecular weight is 379 g/mol. The lowest BCUT2D eigenvalue weighted by Crippen LogP contribution is -2.35. The molecule has 2 fully saturated rings. The molecule has 1 saturated heterocycles. The van der Waals surface area contributed by atoms with Gasteiger partial charge in [0.1, 0.15) is 17.9 Å². The molecule has 134 valence electrons. The number of hydrogen-bond donors (Lipinski definition) is 3. The molecule has 0 bridgehead atoms. The summed E-state index contributed by atoms with van der Waals surface area (Å²) in [5.41, 5.74) is 6.14. The average Bonchev–Trinajstić information content (AvgIpc) is 2.96. The van der Waals surface area contributed by atoms with Gasteiger partial charge in [0, 0.05) is 0 Å². The minimum Gasteiger partial charge on any atom is -0.394 e. The summed E-state index contributed by atoms with van der Waals surface area (Å²) in [6, 6.07) is -0.162. The number of aliphatic hydroxyl groups excluding tert-OH is 1. The number of aromatic nitrogens is 2. The van der Waals surface area contributed by atoms with Gasteiger partial charge in [-0.2, -0.15) is 4.98 Å². The number of nitrogen functional groups attached to an aromatic ring is 1. The zero-order valence-corrected chi connectivity index (χ0v) is 14.8. The van der Waals surface area contributed by atoms with Gasteiger partial charge in [0.15, 0.2) is 16.8 Å². The number of rotatable bonds is 5. The molecule has 1 aliphatic carbocycles. The predicted octanol–water partition coefficient (Wildman–Crippen LogP) is 1.45. The van der Waals surface area contributed by atoms with E-state index in [0.717, 1.165) is 0 Å². The van der Waals surface area contributed by atoms with Crippen molar-refractivity contribution in [2.24, 2.45) is 0 Å². The summed E-state index contributed by atoms with van der Waals surface area (Å²) in [7, 11) is 0. The van der Waals surface area contributed by atoms with Gasteiger partial charge in [0.05, 0.1) is 25.4 Å². The van der Waals surface area contributed by atoms with Crippen LogP contribution in [0.3, 0.4) is 0 Å². The largest absolute Gasteiger partial charge is 0.394 e. The quantitative estimate of drug-likeness (QED) is 0.521. The Morgan fingerprint density at radius 2 is 2.04 bits per heavy atom. The van der Waals surface area contributed by atoms with E-state index in [0.29, 0.717) is 12.2 Å². The predicted molar refractivity (Wildman–Crippen MR) is 89.1 cm³/mol. The number of nitrogens with two attached hydrogens (primary N) is 1. The highest BCUT2D eigenvalue weighted by molar-refractivity contribution is 6.34. The van der Waals surface area contributed by atoms with Crippen LogP contribution in [-0.4, -0.2) is 58.4 Å². The number of ether oxygens (including phenoxy) is 3. The summed E-state index contributed by atoms with van der Waals surface area (Å²) in [4.78, 5) is 7.89. The minimum atomic E-state index is -0.719. The highest BCUT2D eigenvalue weighted by atomic mass is 35.5. The SMILES string of the molecule is CC1(C)O[C@@H]2[C@@H](OCCO)CC(Nc3nc(Cl)nc(Cl)c3N)[C@@H]2O1. The van der Waals surface area contributed by atoms with Crippen LogP contribution in [0.15, 0.2) is 0 Å². The lowest BCUT2D eigenvalue weighted by molar-refractivity contribution is -0.167. The Hall–Kier alpha value is -0.900. The maximum absolute atomic E-state index is 8.99. The van der Waals surface area contributed by atoms with Gasteiger partial charge in [-0.25, -0.2) is 4.98 Å². The van der Waals surface area contributed by atoms with Gasteiger partial charge in [-0.1, -0.05) is 11.6 Å². The summed E-state index contributed by atoms with van der Waals surface area (Å²) in [5, 5.41) is 12.3. The number of aliphatic hydroxyl groups is 1. The maximum Gasteiger partial charge on any atom is 0.225 e. The molecule has 0 spiro atoms. The number of nitrogens with one attached hydrogen (secondary N) is 1. The molecule has 1 aliphatic heterocycles. The second-order valence-corrected chi connectivity index (χ2v) is 6.93. The zero-order valence-electron chi connectivity index (χ0n) is 13.3. The molecule has 2 heterocycles. The number of halogens is 2. The van der Waals surface area contributed by atoms with Crippen LogP contribution in [0.2, 0.25) is 10.4 Å². The van der Waals surface area contributed by atoms with E-state index in [1.807, 2.05) is 13.8 Å². The fourth-order valence-corrected chi connectivity index (χ4v) is 3.53. The third-order valence-electron chi connectivity index (χ3n) is 4.03.